The number of H-pyrrole nitrogens is 1. The Labute approximate surface area is 180 Å². The lowest BCUT2D eigenvalue weighted by molar-refractivity contribution is 0.161. The molecule has 1 aliphatic rings. The van der Waals surface area contributed by atoms with Crippen LogP contribution in [0.1, 0.15) is 40.5 Å². The Morgan fingerprint density at radius 3 is 2.45 bits per heavy atom. The first-order valence-corrected chi connectivity index (χ1v) is 11.0. The van der Waals surface area contributed by atoms with Gasteiger partial charge in [0.2, 0.25) is 5.13 Å². The fraction of sp³-hybridized carbons (Fsp3) is 0.476. The van der Waals surface area contributed by atoms with E-state index >= 15 is 0 Å². The number of nitrogens with one attached hydrogen (secondary N) is 2. The lowest BCUT2D eigenvalue weighted by Crippen LogP contribution is -2.61. The number of nitrogens with zero attached hydrogens (tertiary/aromatic N) is 4. The number of hydrogen-bond acceptors (Lipinski definition) is 6. The quantitative estimate of drug-likeness (QED) is 0.609. The Hall–Kier alpha value is -1.96. The van der Waals surface area contributed by atoms with Crippen LogP contribution in [0, 0.1) is 0 Å². The van der Waals surface area contributed by atoms with Gasteiger partial charge in [0.05, 0.1) is 11.2 Å². The van der Waals surface area contributed by atoms with Gasteiger partial charge in [0.25, 0.3) is 0 Å². The maximum atomic E-state index is 6.58. The van der Waals surface area contributed by atoms with E-state index in [2.05, 4.69) is 65.4 Å². The van der Waals surface area contributed by atoms with Gasteiger partial charge in [-0.1, -0.05) is 29.0 Å². The highest BCUT2D eigenvalue weighted by molar-refractivity contribution is 7.18. The van der Waals surface area contributed by atoms with Crippen LogP contribution in [-0.4, -0.2) is 44.6 Å². The normalized spacial score (nSPS) is 18.7. The molecule has 2 N–H and O–H groups in total. The van der Waals surface area contributed by atoms with Gasteiger partial charge in [-0.3, -0.25) is 5.10 Å². The average molecular weight is 431 g/mol. The number of benzene rings is 1. The minimum absolute atomic E-state index is 0.0837. The molecule has 6 nitrogen and oxygen atoms in total. The number of piperidine rings is 1. The molecule has 0 bridgehead atoms. The third-order valence-corrected chi connectivity index (χ3v) is 6.82. The maximum Gasteiger partial charge on any atom is 0.208 e. The van der Waals surface area contributed by atoms with Gasteiger partial charge in [0.1, 0.15) is 0 Å². The SMILES string of the molecule is CN(c1nnc(-c2ccc(-c3cn[nH]c3)cc2Cl)s1)C1CC(C)(C)NC(C)(C)C1. The first kappa shape index (κ1) is 20.3. The van der Waals surface area contributed by atoms with E-state index in [0.717, 1.165) is 39.7 Å². The van der Waals surface area contributed by atoms with Gasteiger partial charge < -0.3 is 10.2 Å². The van der Waals surface area contributed by atoms with Gasteiger partial charge in [-0.15, -0.1) is 10.2 Å². The number of hydrogen-bond donors (Lipinski definition) is 2. The largest absolute Gasteiger partial charge is 0.347 e. The zero-order valence-electron chi connectivity index (χ0n) is 17.5. The Kier molecular flexibility index (Phi) is 5.17. The molecular formula is C21H27ClN6S. The summed E-state index contributed by atoms with van der Waals surface area (Å²) in [6.45, 7) is 9.06. The molecule has 1 fully saturated rings. The van der Waals surface area contributed by atoms with Crippen molar-refractivity contribution in [3.05, 3.63) is 35.6 Å². The minimum Gasteiger partial charge on any atom is -0.347 e. The molecule has 0 unspecified atom stereocenters. The third-order valence-electron chi connectivity index (χ3n) is 5.46. The highest BCUT2D eigenvalue weighted by atomic mass is 35.5. The molecule has 154 valence electrons. The van der Waals surface area contributed by atoms with Gasteiger partial charge in [-0.25, -0.2) is 0 Å². The summed E-state index contributed by atoms with van der Waals surface area (Å²) < 4.78 is 0. The van der Waals surface area contributed by atoms with Crippen molar-refractivity contribution in [1.29, 1.82) is 0 Å². The van der Waals surface area contributed by atoms with E-state index in [1.807, 2.05) is 24.4 Å². The first-order chi connectivity index (χ1) is 13.6. The predicted molar refractivity (Wildman–Crippen MR) is 121 cm³/mol. The van der Waals surface area contributed by atoms with Crippen LogP contribution in [0.25, 0.3) is 21.7 Å². The number of aromatic amines is 1. The number of halogens is 1. The van der Waals surface area contributed by atoms with Crippen LogP contribution < -0.4 is 10.2 Å². The number of rotatable bonds is 4. The van der Waals surface area contributed by atoms with Gasteiger partial charge >= 0.3 is 0 Å². The summed E-state index contributed by atoms with van der Waals surface area (Å²) in [6.07, 6.45) is 5.75. The smallest absolute Gasteiger partial charge is 0.208 e. The van der Waals surface area contributed by atoms with E-state index in [1.165, 1.54) is 0 Å². The molecular weight excluding hydrogens is 404 g/mol. The molecule has 0 saturated carbocycles. The summed E-state index contributed by atoms with van der Waals surface area (Å²) in [5.74, 6) is 0. The Bertz CT molecular complexity index is 979. The van der Waals surface area contributed by atoms with Crippen LogP contribution >= 0.6 is 22.9 Å². The molecule has 0 amide bonds. The van der Waals surface area contributed by atoms with Gasteiger partial charge in [0, 0.05) is 41.5 Å². The zero-order chi connectivity index (χ0) is 20.8. The third kappa shape index (κ3) is 4.32. The maximum absolute atomic E-state index is 6.58. The van der Waals surface area contributed by atoms with Crippen LogP contribution in [-0.2, 0) is 0 Å². The molecule has 29 heavy (non-hydrogen) atoms. The van der Waals surface area contributed by atoms with Crippen molar-refractivity contribution in [1.82, 2.24) is 25.7 Å². The van der Waals surface area contributed by atoms with E-state index in [4.69, 9.17) is 11.6 Å². The average Bonchev–Trinajstić information content (AvgIpc) is 3.30. The van der Waals surface area contributed by atoms with Crippen molar-refractivity contribution in [3.63, 3.8) is 0 Å². The van der Waals surface area contributed by atoms with Crippen molar-refractivity contribution < 1.29 is 0 Å². The number of aromatic nitrogens is 4. The molecule has 0 spiro atoms. The lowest BCUT2D eigenvalue weighted by atomic mass is 9.79. The minimum atomic E-state index is 0.0837. The second kappa shape index (κ2) is 7.38. The van der Waals surface area contributed by atoms with Crippen molar-refractivity contribution in [2.24, 2.45) is 0 Å². The topological polar surface area (TPSA) is 69.7 Å². The predicted octanol–water partition coefficient (Wildman–Crippen LogP) is 4.99. The Balaban J connectivity index is 1.57. The molecule has 2 aromatic heterocycles. The van der Waals surface area contributed by atoms with E-state index in [9.17, 15) is 0 Å². The highest BCUT2D eigenvalue weighted by Gasteiger charge is 2.39. The van der Waals surface area contributed by atoms with E-state index < -0.39 is 0 Å². The second-order valence-electron chi connectivity index (χ2n) is 9.14. The van der Waals surface area contributed by atoms with Crippen LogP contribution in [0.3, 0.4) is 0 Å². The molecule has 1 saturated heterocycles. The van der Waals surface area contributed by atoms with Gasteiger partial charge in [-0.05, 0) is 58.2 Å². The molecule has 0 aliphatic carbocycles. The summed E-state index contributed by atoms with van der Waals surface area (Å²) in [4.78, 5) is 2.28. The molecule has 8 heteroatoms. The summed E-state index contributed by atoms with van der Waals surface area (Å²) >= 11 is 8.17. The zero-order valence-corrected chi connectivity index (χ0v) is 19.0. The summed E-state index contributed by atoms with van der Waals surface area (Å²) in [6, 6.07) is 6.39. The van der Waals surface area contributed by atoms with Crippen LogP contribution in [0.4, 0.5) is 5.13 Å². The van der Waals surface area contributed by atoms with E-state index in [0.29, 0.717) is 11.1 Å². The standard InChI is InChI=1S/C21H27ClN6S/c1-20(2)9-15(10-21(3,4)27-20)28(5)19-26-25-18(29-19)16-7-6-13(8-17(16)22)14-11-23-24-12-14/h6-8,11-12,15,27H,9-10H2,1-5H3,(H,23,24). The summed E-state index contributed by atoms with van der Waals surface area (Å²) in [5.41, 5.74) is 3.10. The molecule has 1 aliphatic heterocycles. The number of anilines is 1. The monoisotopic (exact) mass is 430 g/mol. The molecule has 1 aromatic carbocycles. The van der Waals surface area contributed by atoms with E-state index in [1.54, 1.807) is 17.5 Å². The molecule has 0 atom stereocenters. The molecule has 3 aromatic rings. The fourth-order valence-corrected chi connectivity index (χ4v) is 5.69. The van der Waals surface area contributed by atoms with Crippen LogP contribution in [0.15, 0.2) is 30.6 Å². The second-order valence-corrected chi connectivity index (χ2v) is 10.5. The summed E-state index contributed by atoms with van der Waals surface area (Å²) in [5, 5.41) is 21.9. The molecule has 3 heterocycles. The van der Waals surface area contributed by atoms with Crippen LogP contribution in [0.2, 0.25) is 5.02 Å². The fourth-order valence-electron chi connectivity index (χ4n) is 4.44. The molecule has 0 radical (unpaired) electrons. The van der Waals surface area contributed by atoms with E-state index in [-0.39, 0.29) is 11.1 Å². The van der Waals surface area contributed by atoms with Crippen molar-refractivity contribution in [3.8, 4) is 21.7 Å². The van der Waals surface area contributed by atoms with Crippen molar-refractivity contribution in [2.45, 2.75) is 57.7 Å². The molecule has 4 rings (SSSR count). The Morgan fingerprint density at radius 2 is 1.83 bits per heavy atom. The first-order valence-electron chi connectivity index (χ1n) is 9.78. The highest BCUT2D eigenvalue weighted by Crippen LogP contribution is 2.38. The van der Waals surface area contributed by atoms with Crippen molar-refractivity contribution in [2.75, 3.05) is 11.9 Å². The lowest BCUT2D eigenvalue weighted by Gasteiger charge is -2.48. The van der Waals surface area contributed by atoms with Crippen LogP contribution in [0.5, 0.6) is 0 Å². The Morgan fingerprint density at radius 1 is 1.10 bits per heavy atom. The van der Waals surface area contributed by atoms with Crippen molar-refractivity contribution >= 4 is 28.1 Å². The summed E-state index contributed by atoms with van der Waals surface area (Å²) in [7, 11) is 2.12. The van der Waals surface area contributed by atoms with Gasteiger partial charge in [-0.2, -0.15) is 5.10 Å². The van der Waals surface area contributed by atoms with Gasteiger partial charge in [0.15, 0.2) is 5.01 Å².